The number of unbranched alkanes of at least 4 members (excludes halogenated alkanes) is 10. The van der Waals surface area contributed by atoms with Crippen LogP contribution in [0.4, 0.5) is 0 Å². The molecule has 0 fully saturated rings. The Balaban J connectivity index is 0. The second-order valence-corrected chi connectivity index (χ2v) is 8.58. The van der Waals surface area contributed by atoms with E-state index in [-0.39, 0.29) is 21.7 Å². The number of carbonyl (C=O) groups excluding carboxylic acids is 2. The molecular formula is C22H43AlO5. The summed E-state index contributed by atoms with van der Waals surface area (Å²) in [6, 6.07) is 0. The molecule has 0 amide bonds. The van der Waals surface area contributed by atoms with E-state index in [2.05, 4.69) is 6.92 Å². The Labute approximate surface area is 180 Å². The van der Waals surface area contributed by atoms with Gasteiger partial charge in [0.2, 0.25) is 0 Å². The minimum atomic E-state index is -1.26. The fourth-order valence-corrected chi connectivity index (χ4v) is 3.00. The first-order valence-electron chi connectivity index (χ1n) is 11.1. The molecule has 6 heteroatoms. The summed E-state index contributed by atoms with van der Waals surface area (Å²) in [5, 5.41) is 10.2. The standard InChI is InChI=1S/C16H30O3.2C3H7O.Al/c1-2-3-4-5-6-7-8-9-10-11-12-13-15(17)14-16(18)19;2*1-3(2)4;/h2-14H2,1H3,(H,18,19);2*3H,1-2H3;/q;2*-1;+3/p-1. The van der Waals surface area contributed by atoms with Crippen LogP contribution in [0.3, 0.4) is 0 Å². The number of carboxylic acids is 1. The predicted molar refractivity (Wildman–Crippen MR) is 114 cm³/mol. The third-order valence-corrected chi connectivity index (χ3v) is 5.37. The normalized spacial score (nSPS) is 10.5. The molecule has 5 nitrogen and oxygen atoms in total. The largest absolute Gasteiger partial charge is 0.550 e. The molecule has 0 N–H and O–H groups in total. The Kier molecular flexibility index (Phi) is 24.3. The van der Waals surface area contributed by atoms with Gasteiger partial charge in [0.15, 0.2) is 0 Å². The van der Waals surface area contributed by atoms with Crippen LogP contribution in [0, 0.1) is 0 Å². The van der Waals surface area contributed by atoms with Gasteiger partial charge in [0.1, 0.15) is 5.78 Å². The first-order chi connectivity index (χ1) is 13.3. The number of ketones is 1. The summed E-state index contributed by atoms with van der Waals surface area (Å²) in [5.41, 5.74) is 0. The Hall–Kier alpha value is -0.408. The molecule has 164 valence electrons. The van der Waals surface area contributed by atoms with Crippen LogP contribution in [-0.4, -0.2) is 39.8 Å². The molecule has 0 aromatic carbocycles. The molecule has 0 unspecified atom stereocenters. The number of aliphatic carboxylic acids is 1. The zero-order chi connectivity index (χ0) is 21.6. The zero-order valence-electron chi connectivity index (χ0n) is 19.0. The van der Waals surface area contributed by atoms with Crippen LogP contribution < -0.4 is 5.11 Å². The second kappa shape index (κ2) is 22.9. The molecule has 0 aromatic heterocycles. The number of rotatable bonds is 18. The molecule has 0 rings (SSSR count). The summed E-state index contributed by atoms with van der Waals surface area (Å²) in [6.07, 6.45) is 14.2. The van der Waals surface area contributed by atoms with E-state index in [1.54, 1.807) is 0 Å². The van der Waals surface area contributed by atoms with Crippen LogP contribution in [0.2, 0.25) is 0 Å². The van der Waals surface area contributed by atoms with Gasteiger partial charge < -0.3 is 9.90 Å². The summed E-state index contributed by atoms with van der Waals surface area (Å²) >= 11 is -0.245. The monoisotopic (exact) mass is 414 g/mol. The van der Waals surface area contributed by atoms with E-state index in [1.165, 1.54) is 51.4 Å². The van der Waals surface area contributed by atoms with Gasteiger partial charge in [-0.05, 0) is 6.42 Å². The maximum atomic E-state index is 11.1. The minimum absolute atomic E-state index is 0.198. The topological polar surface area (TPSA) is 75.7 Å². The first-order valence-corrected chi connectivity index (χ1v) is 12.1. The van der Waals surface area contributed by atoms with Crippen molar-refractivity contribution in [3.05, 3.63) is 0 Å². The van der Waals surface area contributed by atoms with Gasteiger partial charge in [0, 0.05) is 18.8 Å². The molecule has 0 aromatic rings. The van der Waals surface area contributed by atoms with E-state index < -0.39 is 12.4 Å². The van der Waals surface area contributed by atoms with Gasteiger partial charge in [-0.1, -0.05) is 71.1 Å². The van der Waals surface area contributed by atoms with Crippen LogP contribution >= 0.6 is 0 Å². The van der Waals surface area contributed by atoms with Crippen molar-refractivity contribution in [2.75, 3.05) is 0 Å². The SMILES string of the molecule is CC(C)[O][Al+][O]C(C)C.CCCCCCCCCCCCCC(=O)CC(=O)[O-]. The van der Waals surface area contributed by atoms with E-state index in [0.717, 1.165) is 19.3 Å². The third-order valence-electron chi connectivity index (χ3n) is 4.06. The van der Waals surface area contributed by atoms with Crippen molar-refractivity contribution in [3.63, 3.8) is 0 Å². The summed E-state index contributed by atoms with van der Waals surface area (Å²) in [7, 11) is 0. The van der Waals surface area contributed by atoms with Gasteiger partial charge in [-0.15, -0.1) is 0 Å². The van der Waals surface area contributed by atoms with Gasteiger partial charge >= 0.3 is 63.4 Å². The Morgan fingerprint density at radius 2 is 1.14 bits per heavy atom. The summed E-state index contributed by atoms with van der Waals surface area (Å²) in [4.78, 5) is 21.3. The average molecular weight is 415 g/mol. The van der Waals surface area contributed by atoms with Gasteiger partial charge in [0.25, 0.3) is 0 Å². The van der Waals surface area contributed by atoms with Crippen molar-refractivity contribution in [2.45, 2.75) is 130 Å². The fraction of sp³-hybridized carbons (Fsp3) is 0.909. The fourth-order valence-electron chi connectivity index (χ4n) is 2.49. The average Bonchev–Trinajstić information content (AvgIpc) is 2.59. The van der Waals surface area contributed by atoms with Crippen LogP contribution in [0.1, 0.15) is 118 Å². The van der Waals surface area contributed by atoms with Crippen LogP contribution in [0.15, 0.2) is 0 Å². The van der Waals surface area contributed by atoms with Crippen molar-refractivity contribution in [2.24, 2.45) is 0 Å². The maximum absolute atomic E-state index is 11.1. The van der Waals surface area contributed by atoms with Crippen LogP contribution in [0.25, 0.3) is 0 Å². The molecule has 0 heterocycles. The second-order valence-electron chi connectivity index (χ2n) is 7.84. The Morgan fingerprint density at radius 3 is 1.50 bits per heavy atom. The van der Waals surface area contributed by atoms with Gasteiger partial charge in [0.05, 0.1) is 0 Å². The Morgan fingerprint density at radius 1 is 0.750 bits per heavy atom. The molecule has 0 spiro atoms. The van der Waals surface area contributed by atoms with Crippen LogP contribution in [0.5, 0.6) is 0 Å². The molecule has 0 saturated heterocycles. The molecule has 0 bridgehead atoms. The summed E-state index contributed by atoms with van der Waals surface area (Å²) < 4.78 is 10.4. The number of carboxylic acid groups (broad SMARTS) is 1. The quantitative estimate of drug-likeness (QED) is 0.183. The maximum Gasteiger partial charge on any atom is 0.138 e. The van der Waals surface area contributed by atoms with E-state index in [4.69, 9.17) is 7.58 Å². The number of Topliss-reactive ketones (excluding diaryl/α,β-unsaturated/α-hetero) is 1. The van der Waals surface area contributed by atoms with Gasteiger partial charge in [-0.2, -0.15) is 0 Å². The Bertz CT molecular complexity index is 351. The van der Waals surface area contributed by atoms with Crippen molar-refractivity contribution in [1.29, 1.82) is 0 Å². The molecular weight excluding hydrogens is 371 g/mol. The molecule has 0 saturated carbocycles. The molecule has 0 aliphatic carbocycles. The number of hydrogen-bond acceptors (Lipinski definition) is 5. The van der Waals surface area contributed by atoms with E-state index in [1.807, 2.05) is 27.7 Å². The third kappa shape index (κ3) is 30.3. The van der Waals surface area contributed by atoms with E-state index >= 15 is 0 Å². The van der Waals surface area contributed by atoms with Crippen molar-refractivity contribution < 1.29 is 22.3 Å². The molecule has 0 aliphatic rings. The van der Waals surface area contributed by atoms with E-state index in [0.29, 0.717) is 18.6 Å². The minimum Gasteiger partial charge on any atom is -0.550 e. The molecule has 0 aliphatic heterocycles. The number of hydrogen-bond donors (Lipinski definition) is 0. The number of carbonyl (C=O) groups is 2. The van der Waals surface area contributed by atoms with Crippen LogP contribution in [-0.2, 0) is 17.2 Å². The van der Waals surface area contributed by atoms with Gasteiger partial charge in [-0.3, -0.25) is 4.79 Å². The first kappa shape index (κ1) is 29.8. The van der Waals surface area contributed by atoms with Gasteiger partial charge in [-0.25, -0.2) is 0 Å². The smallest absolute Gasteiger partial charge is 0.138 e. The molecule has 28 heavy (non-hydrogen) atoms. The summed E-state index contributed by atoms with van der Waals surface area (Å²) in [6.45, 7) is 10.3. The van der Waals surface area contributed by atoms with Crippen molar-refractivity contribution >= 4 is 27.6 Å². The molecule has 0 radical (unpaired) electrons. The predicted octanol–water partition coefficient (Wildman–Crippen LogP) is 4.77. The van der Waals surface area contributed by atoms with E-state index in [9.17, 15) is 14.7 Å². The van der Waals surface area contributed by atoms with Crippen molar-refractivity contribution in [3.8, 4) is 0 Å². The van der Waals surface area contributed by atoms with Crippen molar-refractivity contribution in [1.82, 2.24) is 0 Å². The zero-order valence-corrected chi connectivity index (χ0v) is 20.1. The summed E-state index contributed by atoms with van der Waals surface area (Å²) in [5.74, 6) is -1.45. The molecule has 0 atom stereocenters.